The first-order valence-corrected chi connectivity index (χ1v) is 28.1. The zero-order valence-corrected chi connectivity index (χ0v) is 50.9. The molecule has 0 unspecified atom stereocenters. The number of aromatic nitrogens is 4. The first-order valence-electron chi connectivity index (χ1n) is 27.7. The molecule has 0 saturated carbocycles. The molecule has 0 saturated heterocycles. The Labute approximate surface area is 537 Å². The Hall–Kier alpha value is -12.3. The lowest BCUT2D eigenvalue weighted by Gasteiger charge is -2.17. The highest BCUT2D eigenvalue weighted by Crippen LogP contribution is 2.31. The highest BCUT2D eigenvalue weighted by atomic mass is 35.5. The van der Waals surface area contributed by atoms with E-state index < -0.39 is 96.7 Å². The van der Waals surface area contributed by atoms with E-state index >= 15 is 0 Å². The Kier molecular flexibility index (Phi) is 30.2. The highest BCUT2D eigenvalue weighted by molar-refractivity contribution is 6.31. The molecular formula is C60H59ClN10O23. The number of nitrogen functional groups attached to an aromatic ring is 1. The molecule has 0 aliphatic rings. The third-order valence-corrected chi connectivity index (χ3v) is 11.7. The van der Waals surface area contributed by atoms with Gasteiger partial charge in [-0.3, -0.25) is 49.5 Å². The van der Waals surface area contributed by atoms with E-state index in [1.165, 1.54) is 12.1 Å². The Morgan fingerprint density at radius 2 is 0.777 bits per heavy atom. The number of rotatable bonds is 27. The van der Waals surface area contributed by atoms with E-state index in [1.54, 1.807) is 113 Å². The predicted octanol–water partition coefficient (Wildman–Crippen LogP) is 9.07. The van der Waals surface area contributed by atoms with E-state index in [9.17, 15) is 68.7 Å². The number of benzene rings is 3. The van der Waals surface area contributed by atoms with Crippen LogP contribution < -0.4 is 30.6 Å². The van der Waals surface area contributed by atoms with Crippen molar-refractivity contribution in [1.29, 1.82) is 0 Å². The number of carbonyl (C=O) groups is 8. The van der Waals surface area contributed by atoms with Crippen molar-refractivity contribution in [1.82, 2.24) is 30.6 Å². The third-order valence-electron chi connectivity index (χ3n) is 11.4. The summed E-state index contributed by atoms with van der Waals surface area (Å²) >= 11 is 5.35. The van der Waals surface area contributed by atoms with Crippen LogP contribution in [0.3, 0.4) is 0 Å². The number of hydrogen-bond donors (Lipinski definition) is 5. The van der Waals surface area contributed by atoms with Crippen molar-refractivity contribution in [2.45, 2.75) is 65.5 Å². The summed E-state index contributed by atoms with van der Waals surface area (Å²) in [5.41, 5.74) is 4.04. The van der Waals surface area contributed by atoms with Crippen LogP contribution in [-0.4, -0.2) is 131 Å². The molecule has 2 amide bonds. The van der Waals surface area contributed by atoms with Crippen molar-refractivity contribution in [3.8, 4) is 34.9 Å². The minimum absolute atomic E-state index is 0.000523. The number of hydrogen-bond acceptors (Lipinski definition) is 26. The Morgan fingerprint density at radius 3 is 1.13 bits per heavy atom. The summed E-state index contributed by atoms with van der Waals surface area (Å²) in [4.78, 5) is 139. The number of nitrogens with one attached hydrogen (secondary N) is 2. The van der Waals surface area contributed by atoms with Gasteiger partial charge in [-0.2, -0.15) is 4.98 Å². The van der Waals surface area contributed by atoms with E-state index in [2.05, 4.69) is 30.6 Å². The summed E-state index contributed by atoms with van der Waals surface area (Å²) in [5.74, 6) is -5.89. The monoisotopic (exact) mass is 1320 g/mol. The zero-order valence-electron chi connectivity index (χ0n) is 50.1. The number of nitrogens with zero attached hydrogens (tertiary/aromatic N) is 7. The molecule has 6 N–H and O–H groups in total. The average molecular weight is 1320 g/mol. The lowest BCUT2D eigenvalue weighted by Crippen LogP contribution is -2.42. The van der Waals surface area contributed by atoms with E-state index in [0.29, 0.717) is 17.2 Å². The van der Waals surface area contributed by atoms with Gasteiger partial charge in [0.05, 0.1) is 46.9 Å². The zero-order chi connectivity index (χ0) is 69.3. The topological polar surface area (TPSA) is 473 Å². The molecule has 0 radical (unpaired) electrons. The lowest BCUT2D eigenvalue weighted by molar-refractivity contribution is -0.386. The number of ether oxygens (including phenoxy) is 7. The summed E-state index contributed by atoms with van der Waals surface area (Å²) in [6.07, 6.45) is -0.182. The number of nitro groups is 3. The van der Waals surface area contributed by atoms with Gasteiger partial charge in [-0.15, -0.1) is 0 Å². The molecule has 3 aromatic carbocycles. The molecular weight excluding hydrogens is 1260 g/mol. The Bertz CT molecular complexity index is 3800. The van der Waals surface area contributed by atoms with Crippen LogP contribution in [0.4, 0.5) is 22.7 Å². The van der Waals surface area contributed by atoms with Gasteiger partial charge in [-0.1, -0.05) is 66.2 Å². The molecule has 0 aliphatic heterocycles. The molecule has 7 rings (SSSR count). The van der Waals surface area contributed by atoms with E-state index in [4.69, 9.17) is 60.7 Å². The minimum Gasteiger partial charge on any atom is -0.477 e. The molecule has 0 spiro atoms. The number of amides is 2. The first kappa shape index (κ1) is 74.2. The van der Waals surface area contributed by atoms with Crippen LogP contribution >= 0.6 is 11.6 Å². The number of halogens is 1. The molecule has 94 heavy (non-hydrogen) atoms. The van der Waals surface area contributed by atoms with Crippen molar-refractivity contribution in [2.24, 2.45) is 0 Å². The molecule has 33 nitrogen and oxygen atoms in total. The van der Waals surface area contributed by atoms with E-state index in [-0.39, 0.29) is 98.2 Å². The second-order valence-corrected chi connectivity index (χ2v) is 18.4. The summed E-state index contributed by atoms with van der Waals surface area (Å²) in [5, 5.41) is 54.2. The fourth-order valence-corrected chi connectivity index (χ4v) is 7.34. The second kappa shape index (κ2) is 38.3. The van der Waals surface area contributed by atoms with E-state index in [1.807, 2.05) is 6.07 Å². The fourth-order valence-electron chi connectivity index (χ4n) is 7.12. The summed E-state index contributed by atoms with van der Waals surface area (Å²) < 4.78 is 36.0. The summed E-state index contributed by atoms with van der Waals surface area (Å²) in [6.45, 7) is 7.22. The standard InChI is InChI=1S/C21H23N3O8.C21H25N3O6.C12H8N2O5.C6H3ClN2O4/c1-3-30-18(25)13-11-16(21(27)31-4-2)22-19(26)15-10-12-17(24(28)29)20(23-15)32-14-8-6-5-7-9-14;1-3-28-18(25)13-12-17(21(27)29-4-2)23-19(26)16-11-10-15(22)20(24-16)30-14-8-6-5-7-9-14;15-12(16)9-6-7-10(14(17)18)11(13-9)19-8-4-2-1-3-5-8;7-5-4(9(12)13)2-1-3(8-5)6(10)11/h5-10,12,16H,3-4,11,13H2,1-2H3,(H,22,26);5-11,17H,3-4,12-13,22H2,1-2H3,(H,23,26);1-7H,(H,15,16);1-2H,(H,10,11)/t16-;17-;;/m00../s1. The Morgan fingerprint density at radius 1 is 0.457 bits per heavy atom. The number of nitrogens with two attached hydrogens (primary N) is 1. The number of anilines is 1. The van der Waals surface area contributed by atoms with Crippen molar-refractivity contribution in [2.75, 3.05) is 32.2 Å². The third kappa shape index (κ3) is 24.6. The van der Waals surface area contributed by atoms with Crippen molar-refractivity contribution in [3.63, 3.8) is 0 Å². The van der Waals surface area contributed by atoms with Gasteiger partial charge < -0.3 is 59.7 Å². The number of esters is 4. The molecule has 7 aromatic rings. The van der Waals surface area contributed by atoms with Crippen LogP contribution in [-0.2, 0) is 38.1 Å². The molecule has 0 bridgehead atoms. The van der Waals surface area contributed by atoms with Crippen LogP contribution in [0.1, 0.15) is 95.3 Å². The molecule has 4 aromatic heterocycles. The largest absolute Gasteiger partial charge is 0.477 e. The predicted molar refractivity (Wildman–Crippen MR) is 327 cm³/mol. The summed E-state index contributed by atoms with van der Waals surface area (Å²) in [6, 6.07) is 32.4. The number of aromatic carboxylic acids is 2. The molecule has 0 fully saturated rings. The fraction of sp³-hybridized carbons (Fsp3) is 0.233. The smallest absolute Gasteiger partial charge is 0.354 e. The van der Waals surface area contributed by atoms with Gasteiger partial charge in [-0.25, -0.2) is 34.1 Å². The Balaban J connectivity index is 0.000000280. The first-order chi connectivity index (χ1) is 44.9. The van der Waals surface area contributed by atoms with Gasteiger partial charge in [0, 0.05) is 31.0 Å². The number of carboxylic acids is 2. The van der Waals surface area contributed by atoms with E-state index in [0.717, 1.165) is 36.4 Å². The normalized spacial score (nSPS) is 10.7. The minimum atomic E-state index is -1.28. The quantitative estimate of drug-likeness (QED) is 0.0105. The van der Waals surface area contributed by atoms with Crippen LogP contribution in [0.15, 0.2) is 140 Å². The van der Waals surface area contributed by atoms with Crippen LogP contribution in [0.25, 0.3) is 0 Å². The number of para-hydroxylation sites is 3. The molecule has 0 aliphatic carbocycles. The van der Waals surface area contributed by atoms with Crippen molar-refractivity contribution in [3.05, 3.63) is 198 Å². The number of carboxylic acid groups (broad SMARTS) is 2. The molecule has 2 atom stereocenters. The number of carbonyl (C=O) groups excluding carboxylic acids is 6. The molecule has 494 valence electrons. The van der Waals surface area contributed by atoms with Crippen LogP contribution in [0.2, 0.25) is 5.15 Å². The lowest BCUT2D eigenvalue weighted by atomic mass is 10.1. The van der Waals surface area contributed by atoms with Gasteiger partial charge in [0.2, 0.25) is 11.0 Å². The van der Waals surface area contributed by atoms with Crippen LogP contribution in [0, 0.1) is 30.3 Å². The molecule has 34 heteroatoms. The van der Waals surface area contributed by atoms with Crippen LogP contribution in [0.5, 0.6) is 34.9 Å². The van der Waals surface area contributed by atoms with Gasteiger partial charge in [0.15, 0.2) is 5.69 Å². The SMILES string of the molecule is CCOC(=O)CC[C@H](NC(=O)c1ccc(N)c(Oc2ccccc2)n1)C(=O)OCC.CCOC(=O)CC[C@H](NC(=O)c1ccc([N+](=O)[O-])c(Oc2ccccc2)n1)C(=O)OCC.O=C(O)c1ccc([N+](=O)[O-])c(Cl)n1.O=C(O)c1ccc([N+](=O)[O-])c(Oc2ccccc2)n1. The van der Waals surface area contributed by atoms with Gasteiger partial charge in [0.25, 0.3) is 23.6 Å². The maximum atomic E-state index is 12.7. The van der Waals surface area contributed by atoms with Crippen molar-refractivity contribution >= 4 is 82.0 Å². The van der Waals surface area contributed by atoms with Crippen molar-refractivity contribution < 1.29 is 96.5 Å². The second-order valence-electron chi connectivity index (χ2n) is 18.0. The molecule has 4 heterocycles. The van der Waals surface area contributed by atoms with Gasteiger partial charge in [0.1, 0.15) is 46.4 Å². The maximum absolute atomic E-state index is 12.7. The average Bonchev–Trinajstić information content (AvgIpc) is 0.876. The van der Waals surface area contributed by atoms with Gasteiger partial charge in [-0.05, 0) is 107 Å². The number of pyridine rings is 4. The highest BCUT2D eigenvalue weighted by Gasteiger charge is 2.29. The summed E-state index contributed by atoms with van der Waals surface area (Å²) in [7, 11) is 0. The van der Waals surface area contributed by atoms with Gasteiger partial charge >= 0.3 is 52.9 Å². The maximum Gasteiger partial charge on any atom is 0.354 e.